The molecule has 2 aliphatic heterocycles. The quantitative estimate of drug-likeness (QED) is 0.278. The van der Waals surface area contributed by atoms with Crippen molar-refractivity contribution in [2.75, 3.05) is 38.1 Å². The number of anilines is 1. The van der Waals surface area contributed by atoms with E-state index in [0.29, 0.717) is 47.7 Å². The lowest BCUT2D eigenvalue weighted by molar-refractivity contribution is -0.376. The molecule has 3 aromatic heterocycles. The second kappa shape index (κ2) is 10.8. The van der Waals surface area contributed by atoms with Crippen LogP contribution in [0.3, 0.4) is 0 Å². The first kappa shape index (κ1) is 26.7. The number of hydrogen-bond acceptors (Lipinski definition) is 6. The maximum absolute atomic E-state index is 13.7. The second-order valence-corrected chi connectivity index (χ2v) is 11.0. The first-order chi connectivity index (χ1) is 19.8. The molecule has 212 valence electrons. The summed E-state index contributed by atoms with van der Waals surface area (Å²) < 4.78 is 3.57. The fraction of sp³-hybridized carbons (Fsp3) is 0.367. The van der Waals surface area contributed by atoms with E-state index in [0.717, 1.165) is 50.8 Å². The number of carbonyl (C=O) groups is 2. The number of nitrogens with two attached hydrogens (primary N) is 1. The highest BCUT2D eigenvalue weighted by Crippen LogP contribution is 2.33. The van der Waals surface area contributed by atoms with Crippen LogP contribution in [-0.4, -0.2) is 65.3 Å². The normalized spacial score (nSPS) is 18.7. The Bertz CT molecular complexity index is 1660. The van der Waals surface area contributed by atoms with Gasteiger partial charge in [-0.05, 0) is 50.4 Å². The molecule has 11 heteroatoms. The summed E-state index contributed by atoms with van der Waals surface area (Å²) in [5.74, 6) is 0.0883. The average Bonchev–Trinajstić information content (AvgIpc) is 3.35. The van der Waals surface area contributed by atoms with Crippen LogP contribution in [0.25, 0.3) is 11.1 Å². The van der Waals surface area contributed by atoms with Crippen molar-refractivity contribution in [2.24, 2.45) is 17.8 Å². The molecule has 0 bridgehead atoms. The first-order valence-electron chi connectivity index (χ1n) is 14.0. The van der Waals surface area contributed by atoms with Crippen LogP contribution in [0.4, 0.5) is 11.4 Å². The van der Waals surface area contributed by atoms with Crippen LogP contribution in [0.15, 0.2) is 52.3 Å². The minimum atomic E-state index is -0.312. The number of aromatic nitrogens is 3. The molecule has 0 saturated carbocycles. The third-order valence-electron chi connectivity index (χ3n) is 8.17. The summed E-state index contributed by atoms with van der Waals surface area (Å²) in [6, 6.07) is 3.65. The van der Waals surface area contributed by atoms with Gasteiger partial charge in [-0.25, -0.2) is 9.98 Å². The molecule has 3 aromatic rings. The highest BCUT2D eigenvalue weighted by atomic mass is 16.2. The lowest BCUT2D eigenvalue weighted by Crippen LogP contribution is -2.41. The Balaban J connectivity index is 1.36. The molecule has 4 N–H and O–H groups in total. The van der Waals surface area contributed by atoms with E-state index in [-0.39, 0.29) is 23.0 Å². The highest BCUT2D eigenvalue weighted by molar-refractivity contribution is 6.09. The summed E-state index contributed by atoms with van der Waals surface area (Å²) in [6.07, 6.45) is 11.8. The predicted octanol–water partition coefficient (Wildman–Crippen LogP) is 1.43. The highest BCUT2D eigenvalue weighted by Gasteiger charge is 2.33. The number of likely N-dealkylation sites (N-methyl/N-ethyl adjacent to an activating group) is 1. The summed E-state index contributed by atoms with van der Waals surface area (Å²) in [5, 5.41) is 3.30. The molecular weight excluding hydrogens is 520 g/mol. The number of H-pyrrole nitrogens is 1. The second-order valence-electron chi connectivity index (χ2n) is 11.0. The lowest BCUT2D eigenvalue weighted by atomic mass is 9.98. The molecule has 41 heavy (non-hydrogen) atoms. The van der Waals surface area contributed by atoms with Crippen molar-refractivity contribution in [3.63, 3.8) is 0 Å². The molecule has 0 spiro atoms. The maximum atomic E-state index is 13.7. The van der Waals surface area contributed by atoms with E-state index in [1.54, 1.807) is 42.7 Å². The third kappa shape index (κ3) is 4.97. The Morgan fingerprint density at radius 1 is 1.10 bits per heavy atom. The Labute approximate surface area is 238 Å². The number of aliphatic imine (C=N–C) groups is 1. The van der Waals surface area contributed by atoms with Gasteiger partial charge in [0.2, 0.25) is 0 Å². The third-order valence-corrected chi connectivity index (χ3v) is 8.17. The molecule has 1 amide bonds. The molecule has 3 aliphatic rings. The van der Waals surface area contributed by atoms with Crippen molar-refractivity contribution in [1.82, 2.24) is 19.4 Å². The molecule has 0 radical (unpaired) electrons. The van der Waals surface area contributed by atoms with Crippen LogP contribution in [0.2, 0.25) is 0 Å². The summed E-state index contributed by atoms with van der Waals surface area (Å²) >= 11 is 0. The van der Waals surface area contributed by atoms with Crippen molar-refractivity contribution >= 4 is 29.4 Å². The van der Waals surface area contributed by atoms with E-state index in [1.807, 2.05) is 13.1 Å². The van der Waals surface area contributed by atoms with E-state index >= 15 is 0 Å². The number of aldehydes is 1. The van der Waals surface area contributed by atoms with Crippen LogP contribution < -0.4 is 26.5 Å². The number of carbonyl (C=O) groups excluding carboxylic acids is 2. The Hall–Kier alpha value is -4.51. The zero-order chi connectivity index (χ0) is 28.7. The van der Waals surface area contributed by atoms with Gasteiger partial charge in [0.05, 0.1) is 11.1 Å². The van der Waals surface area contributed by atoms with Crippen molar-refractivity contribution < 1.29 is 14.6 Å². The smallest absolute Gasteiger partial charge is 0.276 e. The van der Waals surface area contributed by atoms with Gasteiger partial charge in [0.15, 0.2) is 18.7 Å². The molecule has 1 saturated heterocycles. The molecule has 1 fully saturated rings. The van der Waals surface area contributed by atoms with Gasteiger partial charge in [-0.1, -0.05) is 0 Å². The largest absolute Gasteiger partial charge is 0.386 e. The first-order valence-corrected chi connectivity index (χ1v) is 14.0. The fourth-order valence-electron chi connectivity index (χ4n) is 6.15. The molecule has 0 atom stereocenters. The minimum absolute atomic E-state index is 0.118. The van der Waals surface area contributed by atoms with E-state index in [4.69, 9.17) is 5.73 Å². The molecule has 11 nitrogen and oxygen atoms in total. The van der Waals surface area contributed by atoms with Crippen LogP contribution in [0.5, 0.6) is 0 Å². The van der Waals surface area contributed by atoms with Crippen LogP contribution >= 0.6 is 0 Å². The van der Waals surface area contributed by atoms with Crippen LogP contribution in [-0.2, 0) is 26.4 Å². The average molecular weight is 556 g/mol. The number of hydrogen-bond donors (Lipinski definition) is 2. The van der Waals surface area contributed by atoms with Crippen molar-refractivity contribution in [1.29, 1.82) is 0 Å². The molecular formula is C30H35N8O3+. The van der Waals surface area contributed by atoms with Crippen molar-refractivity contribution in [2.45, 2.75) is 32.2 Å². The molecule has 0 aromatic carbocycles. The van der Waals surface area contributed by atoms with Gasteiger partial charge in [0.1, 0.15) is 22.9 Å². The topological polar surface area (TPSA) is 132 Å². The van der Waals surface area contributed by atoms with E-state index < -0.39 is 0 Å². The van der Waals surface area contributed by atoms with Gasteiger partial charge < -0.3 is 20.2 Å². The standard InChI is InChI=1S/C30H34N8O3/c1-35-8-7-33-21(17-35)13-28(31)34-24-11-20(16-36(2)29(24)40)22-14-32-15-27(23(22)18-39)38-10-9-37-25-6-4-3-5-19(25)12-26(37)30(38)41/h11-16,18,33H,3-10,17H2,1-2H3,(H2,31,34)/p+1/b21-13-. The molecule has 1 aliphatic carbocycles. The van der Waals surface area contributed by atoms with Gasteiger partial charge in [-0.2, -0.15) is 0 Å². The predicted molar refractivity (Wildman–Crippen MR) is 157 cm³/mol. The van der Waals surface area contributed by atoms with Gasteiger partial charge in [0, 0.05) is 69.0 Å². The number of pyridine rings is 2. The zero-order valence-corrected chi connectivity index (χ0v) is 23.4. The fourth-order valence-corrected chi connectivity index (χ4v) is 6.15. The number of nitrogens with zero attached hydrogens (tertiary/aromatic N) is 5. The monoisotopic (exact) mass is 555 g/mol. The van der Waals surface area contributed by atoms with Crippen LogP contribution in [0.1, 0.15) is 44.9 Å². The lowest BCUT2D eigenvalue weighted by Gasteiger charge is -2.29. The van der Waals surface area contributed by atoms with Crippen molar-refractivity contribution in [3.8, 4) is 11.1 Å². The van der Waals surface area contributed by atoms with Crippen LogP contribution in [0, 0.1) is 0 Å². The minimum Gasteiger partial charge on any atom is -0.386 e. The molecule has 0 unspecified atom stereocenters. The molecule has 5 heterocycles. The van der Waals surface area contributed by atoms with E-state index in [1.165, 1.54) is 15.8 Å². The Kier molecular flexibility index (Phi) is 7.04. The van der Waals surface area contributed by atoms with Crippen molar-refractivity contribution in [3.05, 3.63) is 75.4 Å². The number of aromatic amines is 1. The number of piperazine rings is 1. The Morgan fingerprint density at radius 2 is 1.93 bits per heavy atom. The molecule has 6 rings (SSSR count). The number of nitrogens with one attached hydrogen (secondary N) is 2. The number of rotatable bonds is 5. The summed E-state index contributed by atoms with van der Waals surface area (Å²) in [6.45, 7) is 3.59. The SMILES string of the molecule is CN1CCN/C(=C\C(N)=Nc2cc(-c3c[nH+]cc(N4CCn5c(cc6c5CCCC6)C4=O)c3C=O)cn(C)c2=O)C1. The number of aryl methyl sites for hydroxylation is 2. The maximum Gasteiger partial charge on any atom is 0.276 e. The zero-order valence-electron chi connectivity index (χ0n) is 23.4. The van der Waals surface area contributed by atoms with Gasteiger partial charge in [-0.3, -0.25) is 24.2 Å². The van der Waals surface area contributed by atoms with Gasteiger partial charge in [-0.15, -0.1) is 0 Å². The number of fused-ring (bicyclic) bond motifs is 3. The number of amidine groups is 1. The van der Waals surface area contributed by atoms with E-state index in [9.17, 15) is 14.4 Å². The summed E-state index contributed by atoms with van der Waals surface area (Å²) in [4.78, 5) is 50.6. The summed E-state index contributed by atoms with van der Waals surface area (Å²) in [7, 11) is 3.66. The number of amides is 1. The van der Waals surface area contributed by atoms with Gasteiger partial charge in [0.25, 0.3) is 11.5 Å². The van der Waals surface area contributed by atoms with Gasteiger partial charge >= 0.3 is 0 Å². The Morgan fingerprint density at radius 3 is 2.73 bits per heavy atom. The summed E-state index contributed by atoms with van der Waals surface area (Å²) in [5.41, 5.74) is 12.2. The van der Waals surface area contributed by atoms with E-state index in [2.05, 4.69) is 24.8 Å².